The summed E-state index contributed by atoms with van der Waals surface area (Å²) in [5.74, 6) is 5.80. The number of hydrogen-bond donors (Lipinski definition) is 1. The molecule has 3 heteroatoms. The van der Waals surface area contributed by atoms with Gasteiger partial charge in [-0.15, -0.1) is 0 Å². The van der Waals surface area contributed by atoms with E-state index >= 15 is 0 Å². The third kappa shape index (κ3) is 8.73. The third-order valence-corrected chi connectivity index (χ3v) is 2.68. The van der Waals surface area contributed by atoms with Crippen molar-refractivity contribution in [3.05, 3.63) is 36.3 Å². The van der Waals surface area contributed by atoms with E-state index in [0.29, 0.717) is 12.2 Å². The number of furan rings is 1. The molecule has 0 bridgehead atoms. The zero-order valence-electron chi connectivity index (χ0n) is 11.1. The average Bonchev–Trinajstić information content (AvgIpc) is 2.88. The molecule has 1 heterocycles. The molecule has 0 saturated carbocycles. The molecule has 0 spiro atoms. The molecule has 1 aromatic heterocycles. The Labute approximate surface area is 114 Å². The van der Waals surface area contributed by atoms with Crippen LogP contribution in [0.1, 0.15) is 50.7 Å². The molecule has 0 aliphatic carbocycles. The molecule has 3 nitrogen and oxygen atoms in total. The maximum atomic E-state index is 10.3. The smallest absolute Gasteiger partial charge is 0.303 e. The lowest BCUT2D eigenvalue weighted by molar-refractivity contribution is -0.137. The van der Waals surface area contributed by atoms with Crippen LogP contribution in [0.5, 0.6) is 0 Å². The second-order valence-corrected chi connectivity index (χ2v) is 4.35. The van der Waals surface area contributed by atoms with Crippen LogP contribution in [0.3, 0.4) is 0 Å². The molecule has 0 radical (unpaired) electrons. The monoisotopic (exact) mass is 260 g/mol. The Morgan fingerprint density at radius 2 is 2.05 bits per heavy atom. The van der Waals surface area contributed by atoms with Crippen molar-refractivity contribution in [2.45, 2.75) is 44.9 Å². The lowest BCUT2D eigenvalue weighted by atomic mass is 10.1. The Bertz CT molecular complexity index is 432. The van der Waals surface area contributed by atoms with Gasteiger partial charge in [0.15, 0.2) is 5.76 Å². The molecule has 0 unspecified atom stereocenters. The van der Waals surface area contributed by atoms with Crippen molar-refractivity contribution in [3.63, 3.8) is 0 Å². The molecule has 0 fully saturated rings. The van der Waals surface area contributed by atoms with Crippen LogP contribution < -0.4 is 0 Å². The molecular formula is C16H20O3. The first-order chi connectivity index (χ1) is 9.29. The number of carboxylic acids is 1. The molecule has 0 aliphatic heterocycles. The number of hydrogen-bond acceptors (Lipinski definition) is 2. The molecule has 0 saturated heterocycles. The molecule has 1 aromatic rings. The Morgan fingerprint density at radius 1 is 1.26 bits per heavy atom. The van der Waals surface area contributed by atoms with E-state index in [1.165, 1.54) is 0 Å². The molecule has 19 heavy (non-hydrogen) atoms. The molecule has 102 valence electrons. The van der Waals surface area contributed by atoms with Gasteiger partial charge in [-0.3, -0.25) is 4.79 Å². The number of unbranched alkanes of at least 4 members (excludes halogenated alkanes) is 5. The molecule has 0 aromatic carbocycles. The SMILES string of the molecule is O=C(O)CCCCCCC/C=C\C#Cc1ccco1. The van der Waals surface area contributed by atoms with E-state index in [1.807, 2.05) is 18.2 Å². The van der Waals surface area contributed by atoms with Crippen molar-refractivity contribution in [2.24, 2.45) is 0 Å². The highest BCUT2D eigenvalue weighted by Crippen LogP contribution is 2.07. The maximum Gasteiger partial charge on any atom is 0.303 e. The van der Waals surface area contributed by atoms with Gasteiger partial charge in [-0.25, -0.2) is 0 Å². The van der Waals surface area contributed by atoms with Gasteiger partial charge in [0.05, 0.1) is 6.26 Å². The van der Waals surface area contributed by atoms with Gasteiger partial charge < -0.3 is 9.52 Å². The fourth-order valence-corrected chi connectivity index (χ4v) is 1.67. The number of allylic oxidation sites excluding steroid dienone is 2. The molecule has 0 aliphatic rings. The molecule has 0 atom stereocenters. The van der Waals surface area contributed by atoms with E-state index in [0.717, 1.165) is 38.5 Å². The van der Waals surface area contributed by atoms with Crippen LogP contribution >= 0.6 is 0 Å². The lowest BCUT2D eigenvalue weighted by Crippen LogP contribution is -1.93. The summed E-state index contributed by atoms with van der Waals surface area (Å²) in [7, 11) is 0. The molecule has 1 rings (SSSR count). The standard InChI is InChI=1S/C16H20O3/c17-16(18)13-9-7-5-3-1-2-4-6-8-11-15-12-10-14-19-15/h4,6,10,12,14H,1-3,5,7,9,13H2,(H,17,18)/b6-4-. The van der Waals surface area contributed by atoms with Crippen LogP contribution in [0.4, 0.5) is 0 Å². The van der Waals surface area contributed by atoms with E-state index in [2.05, 4.69) is 17.9 Å². The highest BCUT2D eigenvalue weighted by Gasteiger charge is 1.95. The fraction of sp³-hybridized carbons (Fsp3) is 0.438. The van der Waals surface area contributed by atoms with E-state index < -0.39 is 5.97 Å². The first-order valence-electron chi connectivity index (χ1n) is 6.71. The van der Waals surface area contributed by atoms with Gasteiger partial charge in [0, 0.05) is 6.42 Å². The Morgan fingerprint density at radius 3 is 2.79 bits per heavy atom. The quantitative estimate of drug-likeness (QED) is 0.567. The molecule has 1 N–H and O–H groups in total. The number of rotatable bonds is 8. The summed E-state index contributed by atoms with van der Waals surface area (Å²) in [5, 5.41) is 8.48. The highest BCUT2D eigenvalue weighted by molar-refractivity contribution is 5.66. The normalized spacial score (nSPS) is 10.3. The summed E-state index contributed by atoms with van der Waals surface area (Å²) < 4.78 is 5.08. The maximum absolute atomic E-state index is 10.3. The molecule has 0 amide bonds. The second-order valence-electron chi connectivity index (χ2n) is 4.35. The lowest BCUT2D eigenvalue weighted by Gasteiger charge is -1.97. The van der Waals surface area contributed by atoms with Crippen molar-refractivity contribution in [1.29, 1.82) is 0 Å². The van der Waals surface area contributed by atoms with Crippen LogP contribution in [0.15, 0.2) is 35.0 Å². The van der Waals surface area contributed by atoms with Crippen LogP contribution in [0.25, 0.3) is 0 Å². The first-order valence-corrected chi connectivity index (χ1v) is 6.71. The topological polar surface area (TPSA) is 50.4 Å². The van der Waals surface area contributed by atoms with E-state index in [1.54, 1.807) is 6.26 Å². The Balaban J connectivity index is 1.94. The van der Waals surface area contributed by atoms with Gasteiger partial charge in [0.2, 0.25) is 0 Å². The zero-order chi connectivity index (χ0) is 13.8. The first kappa shape index (κ1) is 15.1. The van der Waals surface area contributed by atoms with Crippen molar-refractivity contribution in [1.82, 2.24) is 0 Å². The van der Waals surface area contributed by atoms with Gasteiger partial charge in [-0.2, -0.15) is 0 Å². The summed E-state index contributed by atoms with van der Waals surface area (Å²) >= 11 is 0. The van der Waals surface area contributed by atoms with Crippen molar-refractivity contribution in [3.8, 4) is 11.8 Å². The predicted octanol–water partition coefficient (Wildman–Crippen LogP) is 4.00. The number of aliphatic carboxylic acids is 1. The highest BCUT2D eigenvalue weighted by atomic mass is 16.4. The van der Waals surface area contributed by atoms with Crippen LogP contribution in [-0.4, -0.2) is 11.1 Å². The van der Waals surface area contributed by atoms with Gasteiger partial charge in [-0.1, -0.05) is 31.3 Å². The summed E-state index contributed by atoms with van der Waals surface area (Å²) in [5.41, 5.74) is 0. The summed E-state index contributed by atoms with van der Waals surface area (Å²) in [4.78, 5) is 10.3. The van der Waals surface area contributed by atoms with Crippen LogP contribution in [0.2, 0.25) is 0 Å². The minimum absolute atomic E-state index is 0.294. The fourth-order valence-electron chi connectivity index (χ4n) is 1.67. The summed E-state index contributed by atoms with van der Waals surface area (Å²) in [6.07, 6.45) is 12.0. The van der Waals surface area contributed by atoms with Crippen LogP contribution in [0, 0.1) is 11.8 Å². The van der Waals surface area contributed by atoms with E-state index in [-0.39, 0.29) is 0 Å². The van der Waals surface area contributed by atoms with Gasteiger partial charge in [0.25, 0.3) is 0 Å². The van der Waals surface area contributed by atoms with E-state index in [9.17, 15) is 4.79 Å². The van der Waals surface area contributed by atoms with E-state index in [4.69, 9.17) is 9.52 Å². The van der Waals surface area contributed by atoms with Crippen molar-refractivity contribution in [2.75, 3.05) is 0 Å². The predicted molar refractivity (Wildman–Crippen MR) is 74.7 cm³/mol. The Kier molecular flexibility index (Phi) is 7.97. The largest absolute Gasteiger partial charge is 0.481 e. The minimum Gasteiger partial charge on any atom is -0.481 e. The van der Waals surface area contributed by atoms with Crippen LogP contribution in [-0.2, 0) is 4.79 Å². The van der Waals surface area contributed by atoms with Crippen molar-refractivity contribution >= 4 is 5.97 Å². The van der Waals surface area contributed by atoms with Crippen molar-refractivity contribution < 1.29 is 14.3 Å². The van der Waals surface area contributed by atoms with Gasteiger partial charge in [-0.05, 0) is 43.4 Å². The second kappa shape index (κ2) is 10.0. The minimum atomic E-state index is -0.696. The molecular weight excluding hydrogens is 240 g/mol. The summed E-state index contributed by atoms with van der Waals surface area (Å²) in [6, 6.07) is 3.65. The third-order valence-electron chi connectivity index (χ3n) is 2.68. The number of carbonyl (C=O) groups is 1. The Hall–Kier alpha value is -1.95. The summed E-state index contributed by atoms with van der Waals surface area (Å²) in [6.45, 7) is 0. The zero-order valence-corrected chi connectivity index (χ0v) is 11.1. The van der Waals surface area contributed by atoms with Gasteiger partial charge in [0.1, 0.15) is 0 Å². The van der Waals surface area contributed by atoms with Gasteiger partial charge >= 0.3 is 5.97 Å². The average molecular weight is 260 g/mol. The number of carboxylic acid groups (broad SMARTS) is 1.